The van der Waals surface area contributed by atoms with Gasteiger partial charge in [-0.05, 0) is 51.3 Å². The van der Waals surface area contributed by atoms with Gasteiger partial charge in [0.25, 0.3) is 5.91 Å². The summed E-state index contributed by atoms with van der Waals surface area (Å²) >= 11 is 5.91. The maximum absolute atomic E-state index is 12.4. The van der Waals surface area contributed by atoms with Crippen LogP contribution in [0.5, 0.6) is 5.75 Å². The molecule has 0 saturated carbocycles. The molecule has 5 heteroatoms. The first-order chi connectivity index (χ1) is 9.87. The van der Waals surface area contributed by atoms with E-state index in [4.69, 9.17) is 16.3 Å². The van der Waals surface area contributed by atoms with Crippen LogP contribution in [-0.4, -0.2) is 40.7 Å². The van der Waals surface area contributed by atoms with Gasteiger partial charge in [0.2, 0.25) is 0 Å². The lowest BCUT2D eigenvalue weighted by molar-refractivity contribution is -0.138. The van der Waals surface area contributed by atoms with Crippen molar-refractivity contribution < 1.29 is 14.6 Å². The fourth-order valence-corrected chi connectivity index (χ4v) is 2.72. The van der Waals surface area contributed by atoms with E-state index in [0.717, 1.165) is 12.8 Å². The van der Waals surface area contributed by atoms with Crippen LogP contribution in [0.4, 0.5) is 0 Å². The summed E-state index contributed by atoms with van der Waals surface area (Å²) in [4.78, 5) is 14.2. The van der Waals surface area contributed by atoms with Crippen LogP contribution < -0.4 is 4.74 Å². The van der Waals surface area contributed by atoms with Crippen molar-refractivity contribution in [1.82, 2.24) is 4.90 Å². The topological polar surface area (TPSA) is 49.8 Å². The Labute approximate surface area is 130 Å². The Hall–Kier alpha value is -1.26. The summed E-state index contributed by atoms with van der Waals surface area (Å²) in [6, 6.07) is 7.03. The number of amides is 1. The van der Waals surface area contributed by atoms with Crippen LogP contribution >= 0.6 is 11.6 Å². The van der Waals surface area contributed by atoms with Crippen molar-refractivity contribution >= 4 is 17.5 Å². The molecule has 1 aromatic carbocycles. The fraction of sp³-hybridized carbons (Fsp3) is 0.562. The number of nitrogens with zero attached hydrogens (tertiary/aromatic N) is 1. The van der Waals surface area contributed by atoms with Crippen molar-refractivity contribution in [2.75, 3.05) is 13.1 Å². The number of rotatable bonds is 3. The molecule has 0 bridgehead atoms. The molecule has 2 unspecified atom stereocenters. The molecule has 2 rings (SSSR count). The molecule has 1 amide bonds. The summed E-state index contributed by atoms with van der Waals surface area (Å²) in [6.45, 7) is 4.80. The van der Waals surface area contributed by atoms with E-state index in [1.807, 2.05) is 6.92 Å². The van der Waals surface area contributed by atoms with Crippen LogP contribution in [0.3, 0.4) is 0 Å². The predicted molar refractivity (Wildman–Crippen MR) is 82.6 cm³/mol. The number of likely N-dealkylation sites (tertiary alicyclic amines) is 1. The van der Waals surface area contributed by atoms with Gasteiger partial charge in [-0.3, -0.25) is 4.79 Å². The second-order valence-corrected chi connectivity index (χ2v) is 6.33. The first-order valence-electron chi connectivity index (χ1n) is 7.31. The van der Waals surface area contributed by atoms with Crippen LogP contribution in [0.1, 0.15) is 33.1 Å². The Morgan fingerprint density at radius 3 is 2.90 bits per heavy atom. The normalized spacial score (nSPS) is 24.3. The zero-order chi connectivity index (χ0) is 15.5. The standard InChI is InChI=1S/C16H22ClNO3/c1-12(21-14-6-3-5-13(17)11-14)15(19)18-9-4-7-16(2,20)8-10-18/h3,5-6,11-12,20H,4,7-10H2,1-2H3. The fourth-order valence-electron chi connectivity index (χ4n) is 2.54. The van der Waals surface area contributed by atoms with E-state index in [1.54, 1.807) is 36.1 Å². The average Bonchev–Trinajstić information content (AvgIpc) is 2.59. The van der Waals surface area contributed by atoms with Gasteiger partial charge >= 0.3 is 0 Å². The molecule has 1 fully saturated rings. The third-order valence-electron chi connectivity index (χ3n) is 3.83. The van der Waals surface area contributed by atoms with Gasteiger partial charge in [0.1, 0.15) is 5.75 Å². The van der Waals surface area contributed by atoms with Crippen molar-refractivity contribution in [1.29, 1.82) is 0 Å². The average molecular weight is 312 g/mol. The van der Waals surface area contributed by atoms with Gasteiger partial charge in [-0.2, -0.15) is 0 Å². The minimum atomic E-state index is -0.675. The smallest absolute Gasteiger partial charge is 0.263 e. The molecule has 0 spiro atoms. The van der Waals surface area contributed by atoms with Crippen molar-refractivity contribution in [3.8, 4) is 5.75 Å². The zero-order valence-corrected chi connectivity index (χ0v) is 13.3. The molecular formula is C16H22ClNO3. The summed E-state index contributed by atoms with van der Waals surface area (Å²) < 4.78 is 5.66. The van der Waals surface area contributed by atoms with Crippen LogP contribution in [0.15, 0.2) is 24.3 Å². The summed E-state index contributed by atoms with van der Waals surface area (Å²) in [6.07, 6.45) is 1.57. The highest BCUT2D eigenvalue weighted by Gasteiger charge is 2.29. The summed E-state index contributed by atoms with van der Waals surface area (Å²) in [5.41, 5.74) is -0.675. The molecule has 0 radical (unpaired) electrons. The number of hydrogen-bond donors (Lipinski definition) is 1. The van der Waals surface area contributed by atoms with Gasteiger partial charge in [0, 0.05) is 18.1 Å². The third-order valence-corrected chi connectivity index (χ3v) is 4.07. The number of ether oxygens (including phenoxy) is 1. The SMILES string of the molecule is CC(Oc1cccc(Cl)c1)C(=O)N1CCCC(C)(O)CC1. The highest BCUT2D eigenvalue weighted by atomic mass is 35.5. The number of benzene rings is 1. The molecule has 0 aliphatic carbocycles. The van der Waals surface area contributed by atoms with Gasteiger partial charge < -0.3 is 14.7 Å². The van der Waals surface area contributed by atoms with Gasteiger partial charge in [-0.15, -0.1) is 0 Å². The van der Waals surface area contributed by atoms with Crippen LogP contribution in [0.2, 0.25) is 5.02 Å². The van der Waals surface area contributed by atoms with E-state index < -0.39 is 11.7 Å². The third kappa shape index (κ3) is 4.61. The summed E-state index contributed by atoms with van der Waals surface area (Å²) in [5, 5.41) is 10.7. The van der Waals surface area contributed by atoms with Gasteiger partial charge in [-0.1, -0.05) is 17.7 Å². The zero-order valence-electron chi connectivity index (χ0n) is 12.5. The first kappa shape index (κ1) is 16.1. The minimum absolute atomic E-state index is 0.0484. The lowest BCUT2D eigenvalue weighted by atomic mass is 9.98. The second-order valence-electron chi connectivity index (χ2n) is 5.89. The minimum Gasteiger partial charge on any atom is -0.481 e. The molecule has 4 nitrogen and oxygen atoms in total. The molecule has 1 heterocycles. The van der Waals surface area contributed by atoms with Crippen molar-refractivity contribution in [3.05, 3.63) is 29.3 Å². The molecule has 1 aliphatic heterocycles. The van der Waals surface area contributed by atoms with Crippen molar-refractivity contribution in [2.24, 2.45) is 0 Å². The van der Waals surface area contributed by atoms with E-state index in [1.165, 1.54) is 0 Å². The molecule has 116 valence electrons. The second kappa shape index (κ2) is 6.67. The Kier molecular flexibility index (Phi) is 5.12. The molecule has 21 heavy (non-hydrogen) atoms. The Morgan fingerprint density at radius 2 is 2.19 bits per heavy atom. The van der Waals surface area contributed by atoms with Crippen molar-refractivity contribution in [2.45, 2.75) is 44.8 Å². The van der Waals surface area contributed by atoms with Crippen LogP contribution in [-0.2, 0) is 4.79 Å². The Bertz CT molecular complexity index is 504. The van der Waals surface area contributed by atoms with E-state index in [2.05, 4.69) is 0 Å². The molecule has 1 saturated heterocycles. The highest BCUT2D eigenvalue weighted by Crippen LogP contribution is 2.23. The highest BCUT2D eigenvalue weighted by molar-refractivity contribution is 6.30. The van der Waals surface area contributed by atoms with Crippen LogP contribution in [0, 0.1) is 0 Å². The molecule has 1 N–H and O–H groups in total. The summed E-state index contributed by atoms with van der Waals surface area (Å²) in [5.74, 6) is 0.540. The first-order valence-corrected chi connectivity index (χ1v) is 7.69. The maximum Gasteiger partial charge on any atom is 0.263 e. The van der Waals surface area contributed by atoms with E-state index in [9.17, 15) is 9.90 Å². The van der Waals surface area contributed by atoms with Gasteiger partial charge in [0.15, 0.2) is 6.10 Å². The number of aliphatic hydroxyl groups is 1. The number of carbonyl (C=O) groups excluding carboxylic acids is 1. The summed E-state index contributed by atoms with van der Waals surface area (Å²) in [7, 11) is 0. The van der Waals surface area contributed by atoms with Gasteiger partial charge in [-0.25, -0.2) is 0 Å². The molecule has 0 aromatic heterocycles. The molecular weight excluding hydrogens is 290 g/mol. The van der Waals surface area contributed by atoms with Crippen molar-refractivity contribution in [3.63, 3.8) is 0 Å². The molecule has 1 aliphatic rings. The van der Waals surface area contributed by atoms with Crippen LogP contribution in [0.25, 0.3) is 0 Å². The largest absolute Gasteiger partial charge is 0.481 e. The Balaban J connectivity index is 1.96. The predicted octanol–water partition coefficient (Wildman–Crippen LogP) is 2.87. The van der Waals surface area contributed by atoms with Gasteiger partial charge in [0.05, 0.1) is 5.60 Å². The lowest BCUT2D eigenvalue weighted by Crippen LogP contribution is -2.41. The van der Waals surface area contributed by atoms with E-state index >= 15 is 0 Å². The maximum atomic E-state index is 12.4. The quantitative estimate of drug-likeness (QED) is 0.934. The molecule has 1 aromatic rings. The Morgan fingerprint density at radius 1 is 1.43 bits per heavy atom. The van der Waals surface area contributed by atoms with E-state index in [-0.39, 0.29) is 5.91 Å². The lowest BCUT2D eigenvalue weighted by Gasteiger charge is -2.25. The van der Waals surface area contributed by atoms with E-state index in [0.29, 0.717) is 30.3 Å². The monoisotopic (exact) mass is 311 g/mol. The molecule has 2 atom stereocenters. The number of hydrogen-bond acceptors (Lipinski definition) is 3. The number of halogens is 1. The number of carbonyl (C=O) groups is 1.